The second-order valence-electron chi connectivity index (χ2n) is 3.37. The summed E-state index contributed by atoms with van der Waals surface area (Å²) in [5, 5.41) is 21.9. The zero-order valence-corrected chi connectivity index (χ0v) is 9.85. The normalized spacial score (nSPS) is 11.6. The van der Waals surface area contributed by atoms with Gasteiger partial charge < -0.3 is 10.8 Å². The SMILES string of the molecule is Nc1cc(S(=O)(=O)NCc2nn[nH]n2)ccc1O. The summed E-state index contributed by atoms with van der Waals surface area (Å²) in [7, 11) is -3.74. The number of tetrazole rings is 1. The van der Waals surface area contributed by atoms with Crippen LogP contribution in [0.1, 0.15) is 5.82 Å². The van der Waals surface area contributed by atoms with Gasteiger partial charge in [0.25, 0.3) is 0 Å². The van der Waals surface area contributed by atoms with E-state index < -0.39 is 10.0 Å². The molecule has 96 valence electrons. The predicted octanol–water partition coefficient (Wildman–Crippen LogP) is -1.03. The van der Waals surface area contributed by atoms with Crippen molar-refractivity contribution in [3.05, 3.63) is 24.0 Å². The number of nitrogens with one attached hydrogen (secondary N) is 2. The smallest absolute Gasteiger partial charge is 0.241 e. The highest BCUT2D eigenvalue weighted by Gasteiger charge is 2.16. The van der Waals surface area contributed by atoms with Crippen molar-refractivity contribution in [1.29, 1.82) is 0 Å². The van der Waals surface area contributed by atoms with Gasteiger partial charge in [-0.05, 0) is 18.2 Å². The Balaban J connectivity index is 2.17. The Bertz CT molecular complexity index is 639. The van der Waals surface area contributed by atoms with E-state index in [0.717, 1.165) is 6.07 Å². The lowest BCUT2D eigenvalue weighted by atomic mass is 10.3. The molecule has 1 heterocycles. The Hall–Kier alpha value is -2.20. The Kier molecular flexibility index (Phi) is 3.12. The Labute approximate surface area is 102 Å². The third-order valence-electron chi connectivity index (χ3n) is 2.12. The molecule has 1 aromatic carbocycles. The average Bonchev–Trinajstić information content (AvgIpc) is 2.83. The Morgan fingerprint density at radius 1 is 1.44 bits per heavy atom. The van der Waals surface area contributed by atoms with Crippen LogP contribution in [0.4, 0.5) is 5.69 Å². The van der Waals surface area contributed by atoms with Crippen LogP contribution in [-0.4, -0.2) is 34.1 Å². The van der Waals surface area contributed by atoms with Gasteiger partial charge in [0.15, 0.2) is 5.82 Å². The maximum absolute atomic E-state index is 11.9. The quantitative estimate of drug-likeness (QED) is 0.410. The van der Waals surface area contributed by atoms with Crippen molar-refractivity contribution in [3.8, 4) is 5.75 Å². The first-order valence-corrected chi connectivity index (χ1v) is 6.28. The van der Waals surface area contributed by atoms with Gasteiger partial charge in [-0.2, -0.15) is 5.21 Å². The van der Waals surface area contributed by atoms with Crippen molar-refractivity contribution < 1.29 is 13.5 Å². The van der Waals surface area contributed by atoms with E-state index in [1.807, 2.05) is 0 Å². The van der Waals surface area contributed by atoms with Crippen LogP contribution in [0, 0.1) is 0 Å². The highest BCUT2D eigenvalue weighted by molar-refractivity contribution is 7.89. The van der Waals surface area contributed by atoms with Crippen LogP contribution in [0.3, 0.4) is 0 Å². The van der Waals surface area contributed by atoms with Crippen LogP contribution in [-0.2, 0) is 16.6 Å². The monoisotopic (exact) mass is 270 g/mol. The first-order valence-electron chi connectivity index (χ1n) is 4.79. The van der Waals surface area contributed by atoms with Crippen molar-refractivity contribution in [1.82, 2.24) is 25.3 Å². The maximum Gasteiger partial charge on any atom is 0.241 e. The van der Waals surface area contributed by atoms with Crippen molar-refractivity contribution in [2.45, 2.75) is 11.4 Å². The van der Waals surface area contributed by atoms with Crippen molar-refractivity contribution in [3.63, 3.8) is 0 Å². The number of phenolic OH excluding ortho intramolecular Hbond substituents is 1. The molecule has 0 atom stereocenters. The van der Waals surface area contributed by atoms with Gasteiger partial charge in [-0.25, -0.2) is 13.1 Å². The molecule has 0 aliphatic rings. The summed E-state index contributed by atoms with van der Waals surface area (Å²) in [6.45, 7) is -0.0976. The molecule has 0 spiro atoms. The fraction of sp³-hybridized carbons (Fsp3) is 0.125. The number of sulfonamides is 1. The number of aromatic nitrogens is 4. The van der Waals surface area contributed by atoms with Gasteiger partial charge >= 0.3 is 0 Å². The molecule has 0 unspecified atom stereocenters. The summed E-state index contributed by atoms with van der Waals surface area (Å²) in [6.07, 6.45) is 0. The number of phenols is 1. The van der Waals surface area contributed by atoms with Gasteiger partial charge in [0.2, 0.25) is 10.0 Å². The topological polar surface area (TPSA) is 147 Å². The van der Waals surface area contributed by atoms with Crippen molar-refractivity contribution >= 4 is 15.7 Å². The van der Waals surface area contributed by atoms with Crippen LogP contribution < -0.4 is 10.5 Å². The van der Waals surface area contributed by atoms with Gasteiger partial charge in [-0.1, -0.05) is 5.21 Å². The van der Waals surface area contributed by atoms with E-state index in [-0.39, 0.29) is 28.7 Å². The molecule has 5 N–H and O–H groups in total. The molecule has 0 bridgehead atoms. The molecule has 0 saturated carbocycles. The number of H-pyrrole nitrogens is 1. The van der Waals surface area contributed by atoms with Gasteiger partial charge in [-0.15, -0.1) is 10.2 Å². The van der Waals surface area contributed by atoms with Crippen LogP contribution in [0.25, 0.3) is 0 Å². The predicted molar refractivity (Wildman–Crippen MR) is 60.7 cm³/mol. The second kappa shape index (κ2) is 4.58. The minimum Gasteiger partial charge on any atom is -0.506 e. The van der Waals surface area contributed by atoms with E-state index in [9.17, 15) is 13.5 Å². The minimum atomic E-state index is -3.74. The largest absolute Gasteiger partial charge is 0.506 e. The summed E-state index contributed by atoms with van der Waals surface area (Å²) < 4.78 is 26.0. The van der Waals surface area contributed by atoms with E-state index in [1.54, 1.807) is 0 Å². The molecule has 10 heteroatoms. The van der Waals surface area contributed by atoms with Crippen LogP contribution in [0.15, 0.2) is 23.1 Å². The zero-order chi connectivity index (χ0) is 13.2. The highest BCUT2D eigenvalue weighted by Crippen LogP contribution is 2.22. The standard InChI is InChI=1S/C8H10N6O3S/c9-6-3-5(1-2-7(6)15)18(16,17)10-4-8-11-13-14-12-8/h1-3,10,15H,4,9H2,(H,11,12,13,14). The third kappa shape index (κ3) is 2.55. The third-order valence-corrected chi connectivity index (χ3v) is 3.52. The lowest BCUT2D eigenvalue weighted by molar-refractivity contribution is 0.477. The number of nitrogen functional groups attached to an aromatic ring is 1. The van der Waals surface area contributed by atoms with Crippen molar-refractivity contribution in [2.24, 2.45) is 0 Å². The van der Waals surface area contributed by atoms with Crippen LogP contribution >= 0.6 is 0 Å². The fourth-order valence-corrected chi connectivity index (χ4v) is 2.22. The first kappa shape index (κ1) is 12.3. The lowest BCUT2D eigenvalue weighted by Gasteiger charge is -2.06. The molecule has 18 heavy (non-hydrogen) atoms. The molecular formula is C8H10N6O3S. The number of benzene rings is 1. The fourth-order valence-electron chi connectivity index (χ4n) is 1.20. The Morgan fingerprint density at radius 3 is 2.83 bits per heavy atom. The van der Waals surface area contributed by atoms with Gasteiger partial charge in [-0.3, -0.25) is 0 Å². The van der Waals surface area contributed by atoms with E-state index in [1.165, 1.54) is 12.1 Å². The number of anilines is 1. The minimum absolute atomic E-state index is 0.0163. The average molecular weight is 270 g/mol. The van der Waals surface area contributed by atoms with E-state index >= 15 is 0 Å². The molecule has 0 fully saturated rings. The number of aromatic amines is 1. The van der Waals surface area contributed by atoms with Gasteiger partial charge in [0, 0.05) is 0 Å². The molecule has 0 radical (unpaired) electrons. The molecular weight excluding hydrogens is 260 g/mol. The number of nitrogens with zero attached hydrogens (tertiary/aromatic N) is 3. The van der Waals surface area contributed by atoms with Crippen LogP contribution in [0.5, 0.6) is 5.75 Å². The second-order valence-corrected chi connectivity index (χ2v) is 5.14. The molecule has 1 aromatic heterocycles. The summed E-state index contributed by atoms with van der Waals surface area (Å²) in [6, 6.07) is 3.61. The highest BCUT2D eigenvalue weighted by atomic mass is 32.2. The summed E-state index contributed by atoms with van der Waals surface area (Å²) in [5.41, 5.74) is 5.41. The van der Waals surface area contributed by atoms with Crippen LogP contribution in [0.2, 0.25) is 0 Å². The summed E-state index contributed by atoms with van der Waals surface area (Å²) >= 11 is 0. The lowest BCUT2D eigenvalue weighted by Crippen LogP contribution is -2.24. The number of hydrogen-bond donors (Lipinski definition) is 4. The van der Waals surface area contributed by atoms with E-state index in [0.29, 0.717) is 0 Å². The van der Waals surface area contributed by atoms with Gasteiger partial charge in [0.05, 0.1) is 17.1 Å². The van der Waals surface area contributed by atoms with E-state index in [4.69, 9.17) is 5.73 Å². The molecule has 2 aromatic rings. The molecule has 9 nitrogen and oxygen atoms in total. The van der Waals surface area contributed by atoms with E-state index in [2.05, 4.69) is 25.3 Å². The van der Waals surface area contributed by atoms with Crippen molar-refractivity contribution in [2.75, 3.05) is 5.73 Å². The number of aromatic hydroxyl groups is 1. The molecule has 0 aliphatic heterocycles. The number of nitrogens with two attached hydrogens (primary N) is 1. The first-order chi connectivity index (χ1) is 8.49. The van der Waals surface area contributed by atoms with Gasteiger partial charge in [0.1, 0.15) is 5.75 Å². The zero-order valence-electron chi connectivity index (χ0n) is 9.03. The molecule has 0 saturated heterocycles. The summed E-state index contributed by atoms with van der Waals surface area (Å²) in [4.78, 5) is -0.0544. The summed E-state index contributed by atoms with van der Waals surface area (Å²) in [5.74, 6) is 0.0393. The molecule has 0 aliphatic carbocycles. The maximum atomic E-state index is 11.9. The number of rotatable bonds is 4. The molecule has 0 amide bonds. The number of hydrogen-bond acceptors (Lipinski definition) is 7. The Morgan fingerprint density at radius 2 is 2.22 bits per heavy atom. The molecule has 2 rings (SSSR count).